The van der Waals surface area contributed by atoms with E-state index in [0.717, 1.165) is 11.3 Å². The molecule has 0 heterocycles. The fourth-order valence-corrected chi connectivity index (χ4v) is 2.81. The van der Waals surface area contributed by atoms with Crippen molar-refractivity contribution in [1.82, 2.24) is 5.43 Å². The van der Waals surface area contributed by atoms with E-state index in [1.54, 1.807) is 30.5 Å². The molecule has 2 aromatic carbocycles. The summed E-state index contributed by atoms with van der Waals surface area (Å²) in [6, 6.07) is 14.2. The Labute approximate surface area is 166 Å². The minimum absolute atomic E-state index is 0.0991. The Kier molecular flexibility index (Phi) is 8.43. The van der Waals surface area contributed by atoms with Crippen LogP contribution in [-0.2, 0) is 0 Å². The number of likely N-dealkylation sites (N-methyl/N-ethyl adjacent to an activating group) is 1. The standard InChI is InChI=1S/C18H20F2N4OS2/c1-24(10-11-25)15-6-2-13(3-7-15)12-21-23-18(26)22-14-4-8-16(9-5-14)27-17(19)20/h2-9,12,17,25H,10-11H2,1H3,(H2,22,23,26)/b21-12-. The molecule has 0 unspecified atom stereocenters. The van der Waals surface area contributed by atoms with E-state index in [-0.39, 0.29) is 6.61 Å². The molecule has 0 fully saturated rings. The quantitative estimate of drug-likeness (QED) is 0.267. The van der Waals surface area contributed by atoms with Crippen molar-refractivity contribution >= 4 is 46.7 Å². The number of benzene rings is 2. The van der Waals surface area contributed by atoms with E-state index in [9.17, 15) is 8.78 Å². The number of hydrazone groups is 1. The van der Waals surface area contributed by atoms with Gasteiger partial charge in [-0.25, -0.2) is 0 Å². The first-order valence-corrected chi connectivity index (χ1v) is 9.33. The number of halogens is 2. The predicted octanol–water partition coefficient (Wildman–Crippen LogP) is 3.75. The molecule has 0 aliphatic rings. The van der Waals surface area contributed by atoms with Gasteiger partial charge in [-0.05, 0) is 54.2 Å². The van der Waals surface area contributed by atoms with Gasteiger partial charge >= 0.3 is 0 Å². The van der Waals surface area contributed by atoms with Crippen molar-refractivity contribution in [3.63, 3.8) is 0 Å². The second-order valence-electron chi connectivity index (χ2n) is 5.46. The first-order chi connectivity index (χ1) is 13.0. The van der Waals surface area contributed by atoms with Crippen molar-refractivity contribution in [2.24, 2.45) is 5.10 Å². The smallest absolute Gasteiger partial charge is 0.288 e. The van der Waals surface area contributed by atoms with E-state index in [0.29, 0.717) is 34.0 Å². The van der Waals surface area contributed by atoms with Gasteiger partial charge in [0.05, 0.1) is 12.8 Å². The number of nitrogens with one attached hydrogen (secondary N) is 2. The van der Waals surface area contributed by atoms with Gasteiger partial charge in [-0.15, -0.1) is 0 Å². The molecule has 0 bridgehead atoms. The zero-order valence-electron chi connectivity index (χ0n) is 14.6. The number of hydrogen-bond acceptors (Lipinski definition) is 5. The van der Waals surface area contributed by atoms with Crippen LogP contribution in [0.4, 0.5) is 20.2 Å². The lowest BCUT2D eigenvalue weighted by Gasteiger charge is -2.17. The average Bonchev–Trinajstić information content (AvgIpc) is 2.64. The van der Waals surface area contributed by atoms with Crippen LogP contribution < -0.4 is 15.6 Å². The molecule has 0 amide bonds. The van der Waals surface area contributed by atoms with Gasteiger partial charge in [-0.3, -0.25) is 5.43 Å². The molecule has 27 heavy (non-hydrogen) atoms. The van der Waals surface area contributed by atoms with Crippen LogP contribution in [0.1, 0.15) is 5.56 Å². The molecule has 0 aliphatic carbocycles. The third kappa shape index (κ3) is 7.49. The molecule has 0 saturated carbocycles. The zero-order chi connectivity index (χ0) is 19.6. The summed E-state index contributed by atoms with van der Waals surface area (Å²) in [6.45, 7) is 0.665. The Morgan fingerprint density at radius 3 is 2.48 bits per heavy atom. The molecule has 144 valence electrons. The number of nitrogens with zero attached hydrogens (tertiary/aromatic N) is 2. The largest absolute Gasteiger partial charge is 0.395 e. The normalized spacial score (nSPS) is 11.0. The van der Waals surface area contributed by atoms with Gasteiger partial charge in [-0.1, -0.05) is 23.9 Å². The third-order valence-corrected chi connectivity index (χ3v) is 4.40. The third-order valence-electron chi connectivity index (χ3n) is 3.49. The zero-order valence-corrected chi connectivity index (χ0v) is 16.2. The van der Waals surface area contributed by atoms with Crippen molar-refractivity contribution in [3.8, 4) is 0 Å². The maximum absolute atomic E-state index is 12.3. The van der Waals surface area contributed by atoms with Crippen LogP contribution >= 0.6 is 24.0 Å². The molecule has 3 N–H and O–H groups in total. The molecule has 9 heteroatoms. The predicted molar refractivity (Wildman–Crippen MR) is 112 cm³/mol. The Morgan fingerprint density at radius 2 is 1.89 bits per heavy atom. The molecule has 0 radical (unpaired) electrons. The highest BCUT2D eigenvalue weighted by molar-refractivity contribution is 7.99. The summed E-state index contributed by atoms with van der Waals surface area (Å²) >= 11 is 5.64. The number of thioether (sulfide) groups is 1. The summed E-state index contributed by atoms with van der Waals surface area (Å²) in [5.41, 5.74) is 5.27. The van der Waals surface area contributed by atoms with Crippen LogP contribution in [0.25, 0.3) is 0 Å². The monoisotopic (exact) mass is 410 g/mol. The molecule has 5 nitrogen and oxygen atoms in total. The molecule has 2 rings (SSSR count). The topological polar surface area (TPSA) is 59.9 Å². The van der Waals surface area contributed by atoms with Crippen molar-refractivity contribution in [1.29, 1.82) is 0 Å². The van der Waals surface area contributed by atoms with Crippen LogP contribution in [-0.4, -0.2) is 42.4 Å². The van der Waals surface area contributed by atoms with Crippen molar-refractivity contribution in [3.05, 3.63) is 54.1 Å². The average molecular weight is 411 g/mol. The van der Waals surface area contributed by atoms with Gasteiger partial charge in [0, 0.05) is 29.9 Å². The van der Waals surface area contributed by atoms with Crippen molar-refractivity contribution < 1.29 is 13.9 Å². The minimum atomic E-state index is -2.44. The van der Waals surface area contributed by atoms with E-state index in [2.05, 4.69) is 15.8 Å². The summed E-state index contributed by atoms with van der Waals surface area (Å²) in [7, 11) is 1.91. The highest BCUT2D eigenvalue weighted by atomic mass is 32.2. The van der Waals surface area contributed by atoms with Crippen LogP contribution in [0.3, 0.4) is 0 Å². The fourth-order valence-electron chi connectivity index (χ4n) is 2.14. The van der Waals surface area contributed by atoms with Gasteiger partial charge in [0.15, 0.2) is 5.11 Å². The maximum Gasteiger partial charge on any atom is 0.288 e. The number of alkyl halides is 2. The lowest BCUT2D eigenvalue weighted by Crippen LogP contribution is -2.23. The van der Waals surface area contributed by atoms with Crippen LogP contribution in [0.2, 0.25) is 0 Å². The second kappa shape index (κ2) is 10.8. The van der Waals surface area contributed by atoms with Crippen molar-refractivity contribution in [2.45, 2.75) is 10.7 Å². The molecule has 0 aliphatic heterocycles. The Bertz CT molecular complexity index is 755. The molecule has 0 atom stereocenters. The molecular formula is C18H20F2N4OS2. The van der Waals surface area contributed by atoms with Gasteiger partial charge in [0.25, 0.3) is 5.76 Å². The number of rotatable bonds is 8. The summed E-state index contributed by atoms with van der Waals surface area (Å²) in [4.78, 5) is 2.43. The summed E-state index contributed by atoms with van der Waals surface area (Å²) in [5, 5.41) is 16.2. The second-order valence-corrected chi connectivity index (χ2v) is 6.94. The first-order valence-electron chi connectivity index (χ1n) is 8.05. The van der Waals surface area contributed by atoms with E-state index < -0.39 is 5.76 Å². The Balaban J connectivity index is 1.82. The number of aliphatic hydroxyl groups excluding tert-OH is 1. The lowest BCUT2D eigenvalue weighted by atomic mass is 10.2. The van der Waals surface area contributed by atoms with Gasteiger partial charge in [0.1, 0.15) is 0 Å². The van der Waals surface area contributed by atoms with E-state index in [1.807, 2.05) is 36.2 Å². The van der Waals surface area contributed by atoms with E-state index >= 15 is 0 Å². The molecular weight excluding hydrogens is 390 g/mol. The van der Waals surface area contributed by atoms with Gasteiger partial charge < -0.3 is 15.3 Å². The molecule has 0 saturated heterocycles. The van der Waals surface area contributed by atoms with Crippen molar-refractivity contribution in [2.75, 3.05) is 30.4 Å². The molecule has 0 aromatic heterocycles. The highest BCUT2D eigenvalue weighted by Crippen LogP contribution is 2.26. The number of aliphatic hydroxyl groups is 1. The van der Waals surface area contributed by atoms with E-state index in [4.69, 9.17) is 17.3 Å². The molecule has 2 aromatic rings. The fraction of sp³-hybridized carbons (Fsp3) is 0.222. The first kappa shape index (κ1) is 21.1. The SMILES string of the molecule is CN(CCO)c1ccc(/C=N\NC(=S)Nc2ccc(SC(F)F)cc2)cc1. The summed E-state index contributed by atoms with van der Waals surface area (Å²) < 4.78 is 24.6. The molecule has 0 spiro atoms. The van der Waals surface area contributed by atoms with Crippen LogP contribution in [0.5, 0.6) is 0 Å². The van der Waals surface area contributed by atoms with Gasteiger partial charge in [-0.2, -0.15) is 13.9 Å². The lowest BCUT2D eigenvalue weighted by molar-refractivity contribution is 0.252. The number of hydrogen-bond donors (Lipinski definition) is 3. The maximum atomic E-state index is 12.3. The van der Waals surface area contributed by atoms with E-state index in [1.165, 1.54) is 0 Å². The number of anilines is 2. The number of thiocarbonyl (C=S) groups is 1. The van der Waals surface area contributed by atoms with Crippen LogP contribution in [0.15, 0.2) is 58.5 Å². The Morgan fingerprint density at radius 1 is 1.22 bits per heavy atom. The summed E-state index contributed by atoms with van der Waals surface area (Å²) in [6.07, 6.45) is 1.63. The highest BCUT2D eigenvalue weighted by Gasteiger charge is 2.05. The summed E-state index contributed by atoms with van der Waals surface area (Å²) in [5.74, 6) is -2.44. The van der Waals surface area contributed by atoms with Gasteiger partial charge in [0.2, 0.25) is 0 Å². The Hall–Kier alpha value is -2.23. The van der Waals surface area contributed by atoms with Crippen LogP contribution in [0, 0.1) is 0 Å². The minimum Gasteiger partial charge on any atom is -0.395 e.